The maximum absolute atomic E-state index is 14.7. The van der Waals surface area contributed by atoms with Crippen LogP contribution in [0.3, 0.4) is 0 Å². The number of alkyl halides is 4. The van der Waals surface area contributed by atoms with Crippen LogP contribution in [0.4, 0.5) is 23.2 Å². The van der Waals surface area contributed by atoms with Crippen molar-refractivity contribution in [2.45, 2.75) is 31.7 Å². The van der Waals surface area contributed by atoms with Crippen molar-refractivity contribution >= 4 is 34.0 Å². The van der Waals surface area contributed by atoms with Crippen molar-refractivity contribution in [3.63, 3.8) is 0 Å². The number of nitrogens with one attached hydrogen (secondary N) is 2. The quantitative estimate of drug-likeness (QED) is 0.429. The number of allylic oxidation sites excluding steroid dienone is 1. The van der Waals surface area contributed by atoms with Crippen molar-refractivity contribution in [2.24, 2.45) is 0 Å². The number of fused-ring (bicyclic) bond motifs is 1. The Balaban J connectivity index is 1.63. The molecule has 3 aromatic rings. The van der Waals surface area contributed by atoms with Crippen LogP contribution in [0.2, 0.25) is 0 Å². The summed E-state index contributed by atoms with van der Waals surface area (Å²) < 4.78 is 60.6. The molecule has 1 amide bonds. The molecule has 1 aliphatic rings. The highest BCUT2D eigenvalue weighted by Crippen LogP contribution is 2.37. The number of hydrogen-bond acceptors (Lipinski definition) is 6. The van der Waals surface area contributed by atoms with Gasteiger partial charge in [-0.15, -0.1) is 0 Å². The molecule has 2 aromatic heterocycles. The lowest BCUT2D eigenvalue weighted by molar-refractivity contribution is -0.0688. The number of likely N-dealkylation sites (tertiary alicyclic amines) is 1. The Kier molecular flexibility index (Phi) is 7.63. The molecule has 196 valence electrons. The molecule has 0 saturated carbocycles. The van der Waals surface area contributed by atoms with Crippen LogP contribution in [0.25, 0.3) is 22.4 Å². The van der Waals surface area contributed by atoms with Crippen molar-refractivity contribution in [1.29, 1.82) is 0 Å². The van der Waals surface area contributed by atoms with Crippen LogP contribution in [0.1, 0.15) is 34.2 Å². The molecule has 3 heterocycles. The van der Waals surface area contributed by atoms with Gasteiger partial charge in [-0.25, -0.2) is 14.4 Å². The van der Waals surface area contributed by atoms with Crippen LogP contribution in [0, 0.1) is 6.92 Å². The van der Waals surface area contributed by atoms with Gasteiger partial charge in [0.05, 0.1) is 28.7 Å². The van der Waals surface area contributed by atoms with Gasteiger partial charge >= 0.3 is 12.1 Å². The predicted molar refractivity (Wildman–Crippen MR) is 134 cm³/mol. The molecule has 1 aliphatic heterocycles. The number of anilines is 1. The number of halogens is 4. The summed E-state index contributed by atoms with van der Waals surface area (Å²) in [5.74, 6) is -0.616. The molecule has 1 aromatic carbocycles. The number of aromatic nitrogens is 2. The lowest BCUT2D eigenvalue weighted by Crippen LogP contribution is -2.46. The van der Waals surface area contributed by atoms with Crippen LogP contribution < -0.4 is 10.6 Å². The fourth-order valence-corrected chi connectivity index (χ4v) is 4.16. The molecule has 37 heavy (non-hydrogen) atoms. The van der Waals surface area contributed by atoms with Crippen LogP contribution >= 0.6 is 0 Å². The molecule has 2 atom stereocenters. The van der Waals surface area contributed by atoms with Crippen molar-refractivity contribution in [1.82, 2.24) is 20.2 Å². The normalized spacial score (nSPS) is 18.9. The fourth-order valence-electron chi connectivity index (χ4n) is 4.16. The molecule has 1 fully saturated rings. The number of benzene rings is 1. The molecular formula is C26H27F4N5O2. The number of rotatable bonds is 7. The average molecular weight is 518 g/mol. The van der Waals surface area contributed by atoms with E-state index in [1.807, 2.05) is 11.9 Å². The van der Waals surface area contributed by atoms with Gasteiger partial charge in [0, 0.05) is 36.1 Å². The number of oxazole rings is 1. The molecule has 0 aliphatic carbocycles. The number of amides is 1. The molecule has 7 nitrogen and oxygen atoms in total. The molecule has 0 spiro atoms. The Labute approximate surface area is 211 Å². The number of piperidine rings is 1. The lowest BCUT2D eigenvalue weighted by atomic mass is 9.99. The van der Waals surface area contributed by atoms with E-state index in [1.165, 1.54) is 18.4 Å². The van der Waals surface area contributed by atoms with E-state index in [2.05, 4.69) is 27.2 Å². The number of nitrogens with zero attached hydrogens (tertiary/aromatic N) is 3. The van der Waals surface area contributed by atoms with Gasteiger partial charge < -0.3 is 20.0 Å². The monoisotopic (exact) mass is 517 g/mol. The van der Waals surface area contributed by atoms with Gasteiger partial charge in [0.2, 0.25) is 0 Å². The van der Waals surface area contributed by atoms with Gasteiger partial charge in [-0.3, -0.25) is 4.79 Å². The molecule has 1 saturated heterocycles. The summed E-state index contributed by atoms with van der Waals surface area (Å²) in [7, 11) is 1.84. The van der Waals surface area contributed by atoms with E-state index in [-0.39, 0.29) is 35.8 Å². The Hall–Kier alpha value is -3.73. The van der Waals surface area contributed by atoms with Gasteiger partial charge in [0.1, 0.15) is 12.4 Å². The van der Waals surface area contributed by atoms with Gasteiger partial charge in [0.15, 0.2) is 0 Å². The van der Waals surface area contributed by atoms with Crippen LogP contribution in [0.15, 0.2) is 47.6 Å². The van der Waals surface area contributed by atoms with E-state index in [4.69, 9.17) is 4.42 Å². The first-order valence-corrected chi connectivity index (χ1v) is 11.7. The second kappa shape index (κ2) is 10.7. The number of aryl methyl sites for hydroxylation is 1. The van der Waals surface area contributed by atoms with Crippen molar-refractivity contribution in [3.8, 4) is 0 Å². The van der Waals surface area contributed by atoms with Gasteiger partial charge in [-0.1, -0.05) is 24.8 Å². The highest BCUT2D eigenvalue weighted by molar-refractivity contribution is 6.01. The minimum absolute atomic E-state index is 0.0640. The first kappa shape index (κ1) is 26.3. The fraction of sp³-hybridized carbons (Fsp3) is 0.346. The van der Waals surface area contributed by atoms with Gasteiger partial charge in [0.25, 0.3) is 5.89 Å². The van der Waals surface area contributed by atoms with E-state index in [0.717, 1.165) is 0 Å². The summed E-state index contributed by atoms with van der Waals surface area (Å²) in [6, 6.07) is 6.00. The van der Waals surface area contributed by atoms with Gasteiger partial charge in [-0.05, 0) is 38.6 Å². The third kappa shape index (κ3) is 6.16. The summed E-state index contributed by atoms with van der Waals surface area (Å²) in [6.45, 7) is 5.96. The van der Waals surface area contributed by atoms with E-state index < -0.39 is 29.9 Å². The average Bonchev–Trinajstić information content (AvgIpc) is 3.28. The molecule has 11 heteroatoms. The first-order valence-electron chi connectivity index (χ1n) is 11.7. The number of carbonyl (C=O) groups excluding carboxylic acids is 1. The highest BCUT2D eigenvalue weighted by atomic mass is 19.4. The Morgan fingerprint density at radius 1 is 1.30 bits per heavy atom. The standard InChI is InChI=1S/C26H27F4N5O2/c1-15-14-37-25(32-15)24(36)31-10-5-6-17-12-19-18(23(33-17)16(2)26(28,29)30)7-4-8-21(19)34-22-9-11-35(3)13-20(22)27/h4-8,12,14,20,22,34H,2,9-11,13H2,1,3H3,(H,31,36)/b6-5+/t20-,22+/m0/s1. The zero-order valence-electron chi connectivity index (χ0n) is 20.4. The minimum atomic E-state index is -4.69. The zero-order valence-corrected chi connectivity index (χ0v) is 20.4. The summed E-state index contributed by atoms with van der Waals surface area (Å²) in [5, 5.41) is 6.49. The molecule has 0 unspecified atom stereocenters. The third-order valence-corrected chi connectivity index (χ3v) is 6.09. The Morgan fingerprint density at radius 3 is 2.76 bits per heavy atom. The smallest absolute Gasteiger partial charge is 0.417 e. The summed E-state index contributed by atoms with van der Waals surface area (Å²) in [5.41, 5.74) is -0.103. The number of hydrogen-bond donors (Lipinski definition) is 2. The topological polar surface area (TPSA) is 83.3 Å². The summed E-state index contributed by atoms with van der Waals surface area (Å²) in [4.78, 5) is 22.1. The lowest BCUT2D eigenvalue weighted by Gasteiger charge is -2.33. The third-order valence-electron chi connectivity index (χ3n) is 6.09. The number of carbonyl (C=O) groups is 1. The van der Waals surface area contributed by atoms with Gasteiger partial charge in [-0.2, -0.15) is 13.2 Å². The molecule has 4 rings (SSSR count). The zero-order chi connectivity index (χ0) is 26.7. The first-order chi connectivity index (χ1) is 17.5. The SMILES string of the molecule is C=C(c1nc(/C=C/CNC(=O)c2nc(C)co2)cc2c(N[C@@H]3CCN(C)C[C@@H]3F)cccc12)C(F)(F)F. The maximum Gasteiger partial charge on any atom is 0.417 e. The second-order valence-electron chi connectivity index (χ2n) is 9.00. The molecular weight excluding hydrogens is 490 g/mol. The van der Waals surface area contributed by atoms with Crippen LogP contribution in [-0.4, -0.2) is 65.8 Å². The predicted octanol–water partition coefficient (Wildman–Crippen LogP) is 5.00. The molecule has 0 radical (unpaired) electrons. The van der Waals surface area contributed by atoms with E-state index in [9.17, 15) is 22.4 Å². The van der Waals surface area contributed by atoms with Crippen LogP contribution in [-0.2, 0) is 0 Å². The van der Waals surface area contributed by atoms with Crippen LogP contribution in [0.5, 0.6) is 0 Å². The second-order valence-corrected chi connectivity index (χ2v) is 9.00. The number of pyridine rings is 1. The van der Waals surface area contributed by atoms with E-state index in [1.54, 1.807) is 31.2 Å². The maximum atomic E-state index is 14.7. The summed E-state index contributed by atoms with van der Waals surface area (Å²) >= 11 is 0. The minimum Gasteiger partial charge on any atom is -0.441 e. The largest absolute Gasteiger partial charge is 0.441 e. The van der Waals surface area contributed by atoms with Crippen molar-refractivity contribution < 1.29 is 26.8 Å². The molecule has 2 N–H and O–H groups in total. The van der Waals surface area contributed by atoms with E-state index >= 15 is 0 Å². The molecule has 0 bridgehead atoms. The highest BCUT2D eigenvalue weighted by Gasteiger charge is 2.35. The Morgan fingerprint density at radius 2 is 2.08 bits per heavy atom. The summed E-state index contributed by atoms with van der Waals surface area (Å²) in [6.07, 6.45) is -0.870. The Bertz CT molecular complexity index is 1330. The van der Waals surface area contributed by atoms with E-state index in [0.29, 0.717) is 29.7 Å². The van der Waals surface area contributed by atoms with Crippen molar-refractivity contribution in [2.75, 3.05) is 32.0 Å². The van der Waals surface area contributed by atoms with Crippen molar-refractivity contribution in [3.05, 3.63) is 66.2 Å².